The van der Waals surface area contributed by atoms with Crippen LogP contribution in [0.2, 0.25) is 0 Å². The van der Waals surface area contributed by atoms with Crippen molar-refractivity contribution in [1.82, 2.24) is 0 Å². The minimum absolute atomic E-state index is 0.152. The molecule has 1 aliphatic carbocycles. The molecular formula is C22H24O7. The third kappa shape index (κ3) is 4.58. The molecule has 7 heteroatoms. The molecule has 0 fully saturated rings. The number of fused-ring (bicyclic) bond motifs is 1. The summed E-state index contributed by atoms with van der Waals surface area (Å²) in [6.07, 6.45) is 1.23. The van der Waals surface area contributed by atoms with Crippen molar-refractivity contribution in [3.8, 4) is 28.4 Å². The molecule has 0 bridgehead atoms. The van der Waals surface area contributed by atoms with Crippen molar-refractivity contribution in [1.29, 1.82) is 0 Å². The van der Waals surface area contributed by atoms with Gasteiger partial charge in [-0.1, -0.05) is 18.2 Å². The van der Waals surface area contributed by atoms with Crippen LogP contribution in [-0.4, -0.2) is 52.9 Å². The molecular weight excluding hydrogens is 376 g/mol. The Labute approximate surface area is 169 Å². The van der Waals surface area contributed by atoms with Crippen LogP contribution in [0.3, 0.4) is 0 Å². The van der Waals surface area contributed by atoms with E-state index in [0.29, 0.717) is 36.5 Å². The number of carbonyl (C=O) groups is 2. The number of esters is 1. The fourth-order valence-corrected chi connectivity index (χ4v) is 3.29. The average molecular weight is 400 g/mol. The molecule has 7 nitrogen and oxygen atoms in total. The van der Waals surface area contributed by atoms with Crippen LogP contribution in [0.15, 0.2) is 30.3 Å². The van der Waals surface area contributed by atoms with Crippen molar-refractivity contribution < 1.29 is 33.3 Å². The highest BCUT2D eigenvalue weighted by atomic mass is 16.6. The van der Waals surface area contributed by atoms with E-state index in [-0.39, 0.29) is 24.7 Å². The van der Waals surface area contributed by atoms with E-state index in [4.69, 9.17) is 23.7 Å². The highest BCUT2D eigenvalue weighted by Crippen LogP contribution is 2.45. The molecule has 0 atom stereocenters. The minimum Gasteiger partial charge on any atom is -0.493 e. The number of rotatable bonds is 9. The molecule has 0 heterocycles. The van der Waals surface area contributed by atoms with Gasteiger partial charge in [-0.15, -0.1) is 0 Å². The van der Waals surface area contributed by atoms with Gasteiger partial charge in [0.05, 0.1) is 27.4 Å². The van der Waals surface area contributed by atoms with Gasteiger partial charge >= 0.3 is 5.97 Å². The van der Waals surface area contributed by atoms with Crippen LogP contribution in [0.25, 0.3) is 11.1 Å². The monoisotopic (exact) mass is 400 g/mol. The predicted octanol–water partition coefficient (Wildman–Crippen LogP) is 3.07. The van der Waals surface area contributed by atoms with Crippen molar-refractivity contribution >= 4 is 11.8 Å². The predicted molar refractivity (Wildman–Crippen MR) is 106 cm³/mol. The molecule has 1 aliphatic rings. The number of ketones is 1. The van der Waals surface area contributed by atoms with E-state index in [1.165, 1.54) is 14.2 Å². The normalized spacial score (nSPS) is 12.6. The Morgan fingerprint density at radius 2 is 1.72 bits per heavy atom. The smallest absolute Gasteiger partial charge is 0.337 e. The SMILES string of the molecule is COCCOCC(=O)Oc1c(-c2ccc3c(c2)CCC3=O)ccc(OC)c1OC. The summed E-state index contributed by atoms with van der Waals surface area (Å²) in [5.41, 5.74) is 3.22. The molecule has 2 aromatic carbocycles. The third-order valence-electron chi connectivity index (χ3n) is 4.71. The van der Waals surface area contributed by atoms with E-state index in [9.17, 15) is 9.59 Å². The Kier molecular flexibility index (Phi) is 6.85. The molecule has 0 aliphatic heterocycles. The van der Waals surface area contributed by atoms with Crippen LogP contribution in [0.4, 0.5) is 0 Å². The van der Waals surface area contributed by atoms with E-state index in [1.54, 1.807) is 19.2 Å². The van der Waals surface area contributed by atoms with Gasteiger partial charge in [0.2, 0.25) is 5.75 Å². The van der Waals surface area contributed by atoms with Crippen LogP contribution in [0.1, 0.15) is 22.3 Å². The van der Waals surface area contributed by atoms with Crippen molar-refractivity contribution in [2.24, 2.45) is 0 Å². The molecule has 0 N–H and O–H groups in total. The summed E-state index contributed by atoms with van der Waals surface area (Å²) in [4.78, 5) is 24.3. The van der Waals surface area contributed by atoms with Crippen molar-refractivity contribution in [2.75, 3.05) is 41.2 Å². The fraction of sp³-hybridized carbons (Fsp3) is 0.364. The van der Waals surface area contributed by atoms with Gasteiger partial charge in [0.15, 0.2) is 17.3 Å². The van der Waals surface area contributed by atoms with Crippen LogP contribution in [0.5, 0.6) is 17.2 Å². The second-order valence-corrected chi connectivity index (χ2v) is 6.49. The third-order valence-corrected chi connectivity index (χ3v) is 4.71. The molecule has 0 aromatic heterocycles. The number of aryl methyl sites for hydroxylation is 1. The molecule has 2 aromatic rings. The van der Waals surface area contributed by atoms with Gasteiger partial charge in [-0.25, -0.2) is 4.79 Å². The number of hydrogen-bond acceptors (Lipinski definition) is 7. The minimum atomic E-state index is -0.565. The summed E-state index contributed by atoms with van der Waals surface area (Å²) >= 11 is 0. The van der Waals surface area contributed by atoms with E-state index >= 15 is 0 Å². The van der Waals surface area contributed by atoms with E-state index in [2.05, 4.69) is 0 Å². The first-order valence-corrected chi connectivity index (χ1v) is 9.27. The van der Waals surface area contributed by atoms with Crippen LogP contribution >= 0.6 is 0 Å². The number of methoxy groups -OCH3 is 3. The number of carbonyl (C=O) groups excluding carboxylic acids is 2. The lowest BCUT2D eigenvalue weighted by Crippen LogP contribution is -2.18. The zero-order valence-corrected chi connectivity index (χ0v) is 16.8. The quantitative estimate of drug-likeness (QED) is 0.364. The Bertz CT molecular complexity index is 904. The van der Waals surface area contributed by atoms with Gasteiger partial charge < -0.3 is 23.7 Å². The zero-order valence-electron chi connectivity index (χ0n) is 16.8. The van der Waals surface area contributed by atoms with Crippen LogP contribution in [0, 0.1) is 0 Å². The van der Waals surface area contributed by atoms with Crippen molar-refractivity contribution in [3.63, 3.8) is 0 Å². The summed E-state index contributed by atoms with van der Waals surface area (Å²) in [5.74, 6) is 0.586. The molecule has 29 heavy (non-hydrogen) atoms. The number of benzene rings is 2. The lowest BCUT2D eigenvalue weighted by molar-refractivity contribution is -0.140. The Morgan fingerprint density at radius 3 is 2.45 bits per heavy atom. The van der Waals surface area contributed by atoms with Crippen LogP contribution in [-0.2, 0) is 20.7 Å². The first kappa shape index (κ1) is 20.8. The molecule has 0 amide bonds. The largest absolute Gasteiger partial charge is 0.493 e. The second-order valence-electron chi connectivity index (χ2n) is 6.49. The zero-order chi connectivity index (χ0) is 20.8. The van der Waals surface area contributed by atoms with Gasteiger partial charge in [-0.3, -0.25) is 4.79 Å². The van der Waals surface area contributed by atoms with E-state index in [0.717, 1.165) is 16.7 Å². The number of hydrogen-bond donors (Lipinski definition) is 0. The Morgan fingerprint density at radius 1 is 0.931 bits per heavy atom. The highest BCUT2D eigenvalue weighted by molar-refractivity contribution is 6.01. The maximum Gasteiger partial charge on any atom is 0.337 e. The lowest BCUT2D eigenvalue weighted by atomic mass is 9.99. The van der Waals surface area contributed by atoms with Gasteiger partial charge in [-0.05, 0) is 29.7 Å². The molecule has 3 rings (SSSR count). The van der Waals surface area contributed by atoms with E-state index in [1.807, 2.05) is 18.2 Å². The van der Waals surface area contributed by atoms with Gasteiger partial charge in [0.25, 0.3) is 0 Å². The number of Topliss-reactive ketones (excluding diaryl/α,β-unsaturated/α-hetero) is 1. The molecule has 0 radical (unpaired) electrons. The summed E-state index contributed by atoms with van der Waals surface area (Å²) in [6, 6.07) is 9.16. The standard InChI is InChI=1S/C22H24O7/c1-25-10-11-28-13-20(24)29-21-17(7-9-19(26-2)22(21)27-3)15-4-6-16-14(12-15)5-8-18(16)23/h4,6-7,9,12H,5,8,10-11,13H2,1-3H3. The second kappa shape index (κ2) is 9.54. The maximum absolute atomic E-state index is 12.3. The molecule has 0 saturated carbocycles. The van der Waals surface area contributed by atoms with Gasteiger partial charge in [0, 0.05) is 24.7 Å². The summed E-state index contributed by atoms with van der Waals surface area (Å²) < 4.78 is 26.6. The van der Waals surface area contributed by atoms with Crippen molar-refractivity contribution in [2.45, 2.75) is 12.8 Å². The highest BCUT2D eigenvalue weighted by Gasteiger charge is 2.24. The summed E-state index contributed by atoms with van der Waals surface area (Å²) in [7, 11) is 4.55. The first-order valence-electron chi connectivity index (χ1n) is 9.27. The number of ether oxygens (including phenoxy) is 5. The van der Waals surface area contributed by atoms with Crippen molar-refractivity contribution in [3.05, 3.63) is 41.5 Å². The molecule has 0 spiro atoms. The lowest BCUT2D eigenvalue weighted by Gasteiger charge is -2.17. The fourth-order valence-electron chi connectivity index (χ4n) is 3.29. The van der Waals surface area contributed by atoms with Gasteiger partial charge in [0.1, 0.15) is 6.61 Å². The first-order chi connectivity index (χ1) is 14.1. The molecule has 0 unspecified atom stereocenters. The van der Waals surface area contributed by atoms with Gasteiger partial charge in [-0.2, -0.15) is 0 Å². The topological polar surface area (TPSA) is 80.3 Å². The summed E-state index contributed by atoms with van der Waals surface area (Å²) in [6.45, 7) is 0.448. The Balaban J connectivity index is 1.95. The summed E-state index contributed by atoms with van der Waals surface area (Å²) in [5, 5.41) is 0. The molecule has 0 saturated heterocycles. The van der Waals surface area contributed by atoms with Crippen LogP contribution < -0.4 is 14.2 Å². The Hall–Kier alpha value is -2.90. The maximum atomic E-state index is 12.3. The van der Waals surface area contributed by atoms with E-state index < -0.39 is 5.97 Å². The molecule has 154 valence electrons. The average Bonchev–Trinajstić information content (AvgIpc) is 3.11.